The van der Waals surface area contributed by atoms with Crippen LogP contribution in [0.5, 0.6) is 11.5 Å². The lowest BCUT2D eigenvalue weighted by atomic mass is 10.1. The molecule has 3 aromatic carbocycles. The number of hydrogen-bond acceptors (Lipinski definition) is 3. The Hall–Kier alpha value is -3.81. The lowest BCUT2D eigenvalue weighted by Crippen LogP contribution is -2.38. The van der Waals surface area contributed by atoms with Gasteiger partial charge in [-0.1, -0.05) is 36.4 Å². The van der Waals surface area contributed by atoms with Crippen molar-refractivity contribution in [1.82, 2.24) is 4.90 Å². The summed E-state index contributed by atoms with van der Waals surface area (Å²) in [5, 5.41) is 2.25. The third-order valence-corrected chi connectivity index (χ3v) is 4.57. The Kier molecular flexibility index (Phi) is 7.14. The zero-order valence-electron chi connectivity index (χ0n) is 17.2. The Labute approximate surface area is 183 Å². The highest BCUT2D eigenvalue weighted by molar-refractivity contribution is 5.99. The van der Waals surface area contributed by atoms with Crippen molar-refractivity contribution in [3.05, 3.63) is 90.0 Å². The van der Waals surface area contributed by atoms with Gasteiger partial charge in [0.05, 0.1) is 11.3 Å². The zero-order chi connectivity index (χ0) is 23.1. The van der Waals surface area contributed by atoms with E-state index in [1.165, 1.54) is 23.1 Å². The zero-order valence-corrected chi connectivity index (χ0v) is 17.2. The molecular formula is C24H21F3N2O3. The van der Waals surface area contributed by atoms with Crippen LogP contribution in [0.1, 0.15) is 22.8 Å². The Balaban J connectivity index is 1.70. The van der Waals surface area contributed by atoms with Gasteiger partial charge in [0.2, 0.25) is 5.91 Å². The summed E-state index contributed by atoms with van der Waals surface area (Å²) in [6.07, 6.45) is -4.61. The highest BCUT2D eigenvalue weighted by Gasteiger charge is 2.33. The molecule has 0 saturated heterocycles. The van der Waals surface area contributed by atoms with Gasteiger partial charge in [-0.05, 0) is 49.4 Å². The van der Waals surface area contributed by atoms with Gasteiger partial charge in [-0.3, -0.25) is 9.59 Å². The quantitative estimate of drug-likeness (QED) is 0.518. The third-order valence-electron chi connectivity index (χ3n) is 4.57. The van der Waals surface area contributed by atoms with E-state index in [4.69, 9.17) is 4.74 Å². The lowest BCUT2D eigenvalue weighted by molar-refractivity contribution is -0.137. The molecule has 0 fully saturated rings. The average molecular weight is 442 g/mol. The van der Waals surface area contributed by atoms with Crippen LogP contribution in [0.2, 0.25) is 0 Å². The molecule has 0 aromatic heterocycles. The Morgan fingerprint density at radius 3 is 2.25 bits per heavy atom. The number of carbonyl (C=O) groups excluding carboxylic acids is 2. The van der Waals surface area contributed by atoms with E-state index in [0.717, 1.165) is 6.07 Å². The first-order valence-corrected chi connectivity index (χ1v) is 9.86. The van der Waals surface area contributed by atoms with Crippen molar-refractivity contribution in [2.45, 2.75) is 13.1 Å². The summed E-state index contributed by atoms with van der Waals surface area (Å²) in [5.41, 5.74) is -1.01. The second-order valence-corrected chi connectivity index (χ2v) is 6.85. The van der Waals surface area contributed by atoms with Gasteiger partial charge in [0, 0.05) is 12.1 Å². The van der Waals surface area contributed by atoms with Crippen LogP contribution in [0.15, 0.2) is 78.9 Å². The molecule has 0 bridgehead atoms. The number of benzene rings is 3. The molecular weight excluding hydrogens is 421 g/mol. The van der Waals surface area contributed by atoms with E-state index < -0.39 is 30.1 Å². The van der Waals surface area contributed by atoms with Gasteiger partial charge in [-0.25, -0.2) is 0 Å². The van der Waals surface area contributed by atoms with E-state index in [-0.39, 0.29) is 12.2 Å². The molecule has 3 aromatic rings. The van der Waals surface area contributed by atoms with Crippen molar-refractivity contribution in [1.29, 1.82) is 0 Å². The molecule has 0 spiro atoms. The smallest absolute Gasteiger partial charge is 0.418 e. The van der Waals surface area contributed by atoms with E-state index in [2.05, 4.69) is 5.32 Å². The van der Waals surface area contributed by atoms with Crippen LogP contribution < -0.4 is 10.1 Å². The molecule has 0 aliphatic rings. The molecule has 0 heterocycles. The third kappa shape index (κ3) is 5.87. The van der Waals surface area contributed by atoms with Crippen LogP contribution in [0, 0.1) is 0 Å². The van der Waals surface area contributed by atoms with E-state index in [0.29, 0.717) is 17.1 Å². The van der Waals surface area contributed by atoms with Gasteiger partial charge in [0.25, 0.3) is 5.91 Å². The molecule has 0 saturated carbocycles. The molecule has 32 heavy (non-hydrogen) atoms. The van der Waals surface area contributed by atoms with Crippen LogP contribution >= 0.6 is 0 Å². The molecule has 8 heteroatoms. The molecule has 3 rings (SSSR count). The highest BCUT2D eigenvalue weighted by Crippen LogP contribution is 2.34. The Morgan fingerprint density at radius 1 is 0.906 bits per heavy atom. The average Bonchev–Trinajstić information content (AvgIpc) is 2.77. The van der Waals surface area contributed by atoms with E-state index in [1.807, 2.05) is 18.2 Å². The van der Waals surface area contributed by atoms with Gasteiger partial charge in [0.1, 0.15) is 18.0 Å². The summed E-state index contributed by atoms with van der Waals surface area (Å²) in [6.45, 7) is 1.47. The van der Waals surface area contributed by atoms with Crippen LogP contribution in [-0.4, -0.2) is 29.8 Å². The number of ether oxygens (including phenoxy) is 1. The summed E-state index contributed by atoms with van der Waals surface area (Å²) in [5.74, 6) is -0.118. The SMILES string of the molecule is CCN(CC(=O)Nc1ccccc1C(F)(F)F)C(=O)c1cccc(Oc2ccccc2)c1. The number of amides is 2. The molecule has 5 nitrogen and oxygen atoms in total. The molecule has 0 unspecified atom stereocenters. The summed E-state index contributed by atoms with van der Waals surface area (Å²) in [4.78, 5) is 26.6. The molecule has 0 atom stereocenters. The van der Waals surface area contributed by atoms with Crippen molar-refractivity contribution in [2.75, 3.05) is 18.4 Å². The minimum atomic E-state index is -4.61. The highest BCUT2D eigenvalue weighted by atomic mass is 19.4. The number of anilines is 1. The number of hydrogen-bond donors (Lipinski definition) is 1. The minimum Gasteiger partial charge on any atom is -0.457 e. The number of nitrogens with zero attached hydrogens (tertiary/aromatic N) is 1. The first-order chi connectivity index (χ1) is 15.3. The largest absolute Gasteiger partial charge is 0.457 e. The summed E-state index contributed by atoms with van der Waals surface area (Å²) in [7, 11) is 0. The van der Waals surface area contributed by atoms with Crippen molar-refractivity contribution in [2.24, 2.45) is 0 Å². The standard InChI is InChI=1S/C24H21F3N2O3/c1-2-29(16-22(30)28-21-14-7-6-13-20(21)24(25,26)27)23(31)17-9-8-12-19(15-17)32-18-10-4-3-5-11-18/h3-15H,2,16H2,1H3,(H,28,30). The molecule has 1 N–H and O–H groups in total. The lowest BCUT2D eigenvalue weighted by Gasteiger charge is -2.21. The monoisotopic (exact) mass is 442 g/mol. The summed E-state index contributed by atoms with van der Waals surface area (Å²) in [6, 6.07) is 20.2. The molecule has 166 valence electrons. The Morgan fingerprint density at radius 2 is 1.56 bits per heavy atom. The van der Waals surface area contributed by atoms with Crippen LogP contribution in [0.4, 0.5) is 18.9 Å². The molecule has 0 aliphatic heterocycles. The van der Waals surface area contributed by atoms with Crippen molar-refractivity contribution in [3.8, 4) is 11.5 Å². The normalized spacial score (nSPS) is 11.0. The van der Waals surface area contributed by atoms with Gasteiger partial charge >= 0.3 is 6.18 Å². The van der Waals surface area contributed by atoms with E-state index in [1.54, 1.807) is 43.3 Å². The number of para-hydroxylation sites is 2. The van der Waals surface area contributed by atoms with Gasteiger partial charge in [-0.15, -0.1) is 0 Å². The van der Waals surface area contributed by atoms with Gasteiger partial charge < -0.3 is 15.0 Å². The number of rotatable bonds is 7. The fourth-order valence-corrected chi connectivity index (χ4v) is 3.03. The van der Waals surface area contributed by atoms with E-state index in [9.17, 15) is 22.8 Å². The first kappa shape index (κ1) is 22.9. The van der Waals surface area contributed by atoms with E-state index >= 15 is 0 Å². The number of alkyl halides is 3. The number of carbonyl (C=O) groups is 2. The van der Waals surface area contributed by atoms with Crippen molar-refractivity contribution >= 4 is 17.5 Å². The first-order valence-electron chi connectivity index (χ1n) is 9.86. The topological polar surface area (TPSA) is 58.6 Å². The number of halogens is 3. The predicted molar refractivity (Wildman–Crippen MR) is 115 cm³/mol. The van der Waals surface area contributed by atoms with Gasteiger partial charge in [0.15, 0.2) is 0 Å². The van der Waals surface area contributed by atoms with Crippen LogP contribution in [-0.2, 0) is 11.0 Å². The van der Waals surface area contributed by atoms with Crippen LogP contribution in [0.25, 0.3) is 0 Å². The second-order valence-electron chi connectivity index (χ2n) is 6.85. The summed E-state index contributed by atoms with van der Waals surface area (Å²) >= 11 is 0. The molecule has 0 aliphatic carbocycles. The van der Waals surface area contributed by atoms with Crippen molar-refractivity contribution < 1.29 is 27.5 Å². The predicted octanol–water partition coefficient (Wildman–Crippen LogP) is 5.60. The van der Waals surface area contributed by atoms with Crippen LogP contribution in [0.3, 0.4) is 0 Å². The maximum atomic E-state index is 13.1. The van der Waals surface area contributed by atoms with Gasteiger partial charge in [-0.2, -0.15) is 13.2 Å². The molecule has 2 amide bonds. The maximum absolute atomic E-state index is 13.1. The Bertz CT molecular complexity index is 1090. The fourth-order valence-electron chi connectivity index (χ4n) is 3.03. The number of nitrogens with one attached hydrogen (secondary N) is 1. The minimum absolute atomic E-state index is 0.191. The maximum Gasteiger partial charge on any atom is 0.418 e. The number of likely N-dealkylation sites (N-methyl/N-ethyl adjacent to an activating group) is 1. The second kappa shape index (κ2) is 10.00. The summed E-state index contributed by atoms with van der Waals surface area (Å²) < 4.78 is 45.2. The van der Waals surface area contributed by atoms with Crippen molar-refractivity contribution in [3.63, 3.8) is 0 Å². The molecule has 0 radical (unpaired) electrons. The fraction of sp³-hybridized carbons (Fsp3) is 0.167.